The minimum Gasteiger partial charge on any atom is -0.326 e. The van der Waals surface area contributed by atoms with Gasteiger partial charge in [-0.1, -0.05) is 39.8 Å². The van der Waals surface area contributed by atoms with Gasteiger partial charge in [0.1, 0.15) is 10.2 Å². The van der Waals surface area contributed by atoms with Crippen LogP contribution in [0.2, 0.25) is 0 Å². The first kappa shape index (κ1) is 19.1. The van der Waals surface area contributed by atoms with E-state index in [4.69, 9.17) is 0 Å². The summed E-state index contributed by atoms with van der Waals surface area (Å²) < 4.78 is 14.8. The minimum atomic E-state index is -0.234. The van der Waals surface area contributed by atoms with E-state index in [1.807, 2.05) is 30.5 Å². The molecule has 3 nitrogen and oxygen atoms in total. The van der Waals surface area contributed by atoms with Crippen molar-refractivity contribution < 1.29 is 9.18 Å². The van der Waals surface area contributed by atoms with E-state index in [0.717, 1.165) is 37.1 Å². The maximum absolute atomic E-state index is 12.9. The number of carbonyl (C=O) groups is 1. The Morgan fingerprint density at radius 2 is 2.04 bits per heavy atom. The summed E-state index contributed by atoms with van der Waals surface area (Å²) in [5.41, 5.74) is 3.63. The van der Waals surface area contributed by atoms with Crippen LogP contribution in [0.5, 0.6) is 0 Å². The van der Waals surface area contributed by atoms with Gasteiger partial charge in [0.05, 0.1) is 12.1 Å². The Bertz CT molecular complexity index is 912. The van der Waals surface area contributed by atoms with Gasteiger partial charge in [-0.2, -0.15) is 0 Å². The van der Waals surface area contributed by atoms with Crippen LogP contribution in [0.15, 0.2) is 56.7 Å². The maximum Gasteiger partial charge on any atom is 0.230 e. The standard InChI is InChI=1S/C19H16BrFN2OS2/c1-12-8-15(6-7-17(12)20)22-18(24)9-16-11-26-19(23-16)25-10-13-2-4-14(21)5-3-13/h2-8,11H,9-10H2,1H3,(H,22,24). The molecule has 0 atom stereocenters. The third-order valence-electron chi connectivity index (χ3n) is 3.59. The molecule has 0 bridgehead atoms. The number of nitrogens with one attached hydrogen (secondary N) is 1. The van der Waals surface area contributed by atoms with Crippen LogP contribution >= 0.6 is 39.0 Å². The van der Waals surface area contributed by atoms with Crippen molar-refractivity contribution in [3.05, 3.63) is 75.0 Å². The number of carbonyl (C=O) groups excluding carboxylic acids is 1. The Labute approximate surface area is 168 Å². The number of hydrogen-bond acceptors (Lipinski definition) is 4. The van der Waals surface area contributed by atoms with E-state index in [-0.39, 0.29) is 18.1 Å². The molecule has 2 aromatic carbocycles. The van der Waals surface area contributed by atoms with Crippen LogP contribution < -0.4 is 5.32 Å². The van der Waals surface area contributed by atoms with E-state index < -0.39 is 0 Å². The zero-order chi connectivity index (χ0) is 18.5. The predicted molar refractivity (Wildman–Crippen MR) is 109 cm³/mol. The van der Waals surface area contributed by atoms with Gasteiger partial charge in [-0.05, 0) is 48.4 Å². The van der Waals surface area contributed by atoms with E-state index in [0.29, 0.717) is 0 Å². The first-order chi connectivity index (χ1) is 12.5. The number of rotatable bonds is 6. The topological polar surface area (TPSA) is 42.0 Å². The number of anilines is 1. The number of amides is 1. The number of aryl methyl sites for hydroxylation is 1. The molecule has 0 fully saturated rings. The molecule has 0 aliphatic rings. The molecule has 1 aromatic heterocycles. The summed E-state index contributed by atoms with van der Waals surface area (Å²) in [5.74, 6) is 0.395. The van der Waals surface area contributed by atoms with Gasteiger partial charge in [-0.15, -0.1) is 11.3 Å². The zero-order valence-corrected chi connectivity index (χ0v) is 17.2. The van der Waals surface area contributed by atoms with Gasteiger partial charge in [0.2, 0.25) is 5.91 Å². The number of aromatic nitrogens is 1. The average Bonchev–Trinajstić information content (AvgIpc) is 3.05. The zero-order valence-electron chi connectivity index (χ0n) is 14.0. The molecule has 0 aliphatic heterocycles. The Morgan fingerprint density at radius 3 is 2.77 bits per heavy atom. The van der Waals surface area contributed by atoms with E-state index in [9.17, 15) is 9.18 Å². The fourth-order valence-electron chi connectivity index (χ4n) is 2.25. The number of benzene rings is 2. The van der Waals surface area contributed by atoms with Crippen LogP contribution in [0.4, 0.5) is 10.1 Å². The first-order valence-electron chi connectivity index (χ1n) is 7.87. The highest BCUT2D eigenvalue weighted by molar-refractivity contribution is 9.10. The van der Waals surface area contributed by atoms with Crippen molar-refractivity contribution in [3.8, 4) is 0 Å². The molecule has 3 rings (SSSR count). The number of nitrogens with zero attached hydrogens (tertiary/aromatic N) is 1. The van der Waals surface area contributed by atoms with Gasteiger partial charge < -0.3 is 5.32 Å². The summed E-state index contributed by atoms with van der Waals surface area (Å²) in [6, 6.07) is 12.1. The summed E-state index contributed by atoms with van der Waals surface area (Å²) in [6.07, 6.45) is 0.239. The van der Waals surface area contributed by atoms with E-state index in [1.54, 1.807) is 23.9 Å². The van der Waals surface area contributed by atoms with E-state index in [2.05, 4.69) is 26.2 Å². The van der Waals surface area contributed by atoms with Gasteiger partial charge in [0.15, 0.2) is 0 Å². The fraction of sp³-hybridized carbons (Fsp3) is 0.158. The molecule has 7 heteroatoms. The summed E-state index contributed by atoms with van der Waals surface area (Å²) in [7, 11) is 0. The van der Waals surface area contributed by atoms with Crippen molar-refractivity contribution in [1.29, 1.82) is 0 Å². The minimum absolute atomic E-state index is 0.0906. The highest BCUT2D eigenvalue weighted by atomic mass is 79.9. The lowest BCUT2D eigenvalue weighted by Crippen LogP contribution is -2.14. The molecule has 0 spiro atoms. The van der Waals surface area contributed by atoms with E-state index >= 15 is 0 Å². The molecule has 1 amide bonds. The van der Waals surface area contributed by atoms with Crippen LogP contribution in [0.25, 0.3) is 0 Å². The van der Waals surface area contributed by atoms with Crippen molar-refractivity contribution >= 4 is 50.6 Å². The maximum atomic E-state index is 12.9. The highest BCUT2D eigenvalue weighted by Crippen LogP contribution is 2.26. The summed E-state index contributed by atoms with van der Waals surface area (Å²) >= 11 is 6.54. The normalized spacial score (nSPS) is 10.7. The van der Waals surface area contributed by atoms with Gasteiger partial charge in [-0.25, -0.2) is 9.37 Å². The lowest BCUT2D eigenvalue weighted by atomic mass is 10.2. The van der Waals surface area contributed by atoms with Crippen molar-refractivity contribution in [3.63, 3.8) is 0 Å². The second kappa shape index (κ2) is 8.79. The number of hydrogen-bond donors (Lipinski definition) is 1. The quantitative estimate of drug-likeness (QED) is 0.480. The smallest absolute Gasteiger partial charge is 0.230 e. The number of halogens is 2. The molecule has 134 valence electrons. The molecule has 0 saturated carbocycles. The molecule has 3 aromatic rings. The molecule has 1 heterocycles. The van der Waals surface area contributed by atoms with Crippen molar-refractivity contribution in [1.82, 2.24) is 4.98 Å². The molecule has 0 saturated heterocycles. The highest BCUT2D eigenvalue weighted by Gasteiger charge is 2.09. The van der Waals surface area contributed by atoms with Crippen LogP contribution in [0.1, 0.15) is 16.8 Å². The Morgan fingerprint density at radius 1 is 1.27 bits per heavy atom. The predicted octanol–water partition coefficient (Wildman–Crippen LogP) is 5.83. The summed E-state index contributed by atoms with van der Waals surface area (Å²) in [5, 5.41) is 4.80. The first-order valence-corrected chi connectivity index (χ1v) is 10.5. The molecule has 1 N–H and O–H groups in total. The van der Waals surface area contributed by atoms with Crippen molar-refractivity contribution in [2.45, 2.75) is 23.4 Å². The van der Waals surface area contributed by atoms with Crippen molar-refractivity contribution in [2.75, 3.05) is 5.32 Å². The molecule has 0 aliphatic carbocycles. The third kappa shape index (κ3) is 5.40. The molecule has 0 unspecified atom stereocenters. The Kier molecular flexibility index (Phi) is 6.45. The SMILES string of the molecule is Cc1cc(NC(=O)Cc2csc(SCc3ccc(F)cc3)n2)ccc1Br. The van der Waals surface area contributed by atoms with Crippen LogP contribution in [-0.4, -0.2) is 10.9 Å². The average molecular weight is 451 g/mol. The summed E-state index contributed by atoms with van der Waals surface area (Å²) in [6.45, 7) is 1.98. The second-order valence-electron chi connectivity index (χ2n) is 5.71. The number of thioether (sulfide) groups is 1. The van der Waals surface area contributed by atoms with Gasteiger partial charge in [-0.3, -0.25) is 4.79 Å². The molecule has 0 radical (unpaired) electrons. The summed E-state index contributed by atoms with van der Waals surface area (Å²) in [4.78, 5) is 16.7. The Balaban J connectivity index is 1.53. The fourth-order valence-corrected chi connectivity index (χ4v) is 4.30. The number of thiazole rings is 1. The van der Waals surface area contributed by atoms with Gasteiger partial charge in [0.25, 0.3) is 0 Å². The van der Waals surface area contributed by atoms with E-state index in [1.165, 1.54) is 23.5 Å². The van der Waals surface area contributed by atoms with Crippen molar-refractivity contribution in [2.24, 2.45) is 0 Å². The van der Waals surface area contributed by atoms with Gasteiger partial charge in [0, 0.05) is 21.3 Å². The molecular weight excluding hydrogens is 435 g/mol. The largest absolute Gasteiger partial charge is 0.326 e. The monoisotopic (exact) mass is 450 g/mol. The molecular formula is C19H16BrFN2OS2. The van der Waals surface area contributed by atoms with Crippen LogP contribution in [-0.2, 0) is 17.0 Å². The van der Waals surface area contributed by atoms with Crippen LogP contribution in [0.3, 0.4) is 0 Å². The lowest BCUT2D eigenvalue weighted by molar-refractivity contribution is -0.115. The Hall–Kier alpha value is -1.70. The third-order valence-corrected chi connectivity index (χ3v) is 6.62. The lowest BCUT2D eigenvalue weighted by Gasteiger charge is -2.06. The second-order valence-corrected chi connectivity index (χ2v) is 8.64. The molecule has 26 heavy (non-hydrogen) atoms. The van der Waals surface area contributed by atoms with Crippen LogP contribution in [0, 0.1) is 12.7 Å². The van der Waals surface area contributed by atoms with Gasteiger partial charge >= 0.3 is 0 Å².